The lowest BCUT2D eigenvalue weighted by atomic mass is 10.1. The van der Waals surface area contributed by atoms with Crippen LogP contribution >= 0.6 is 0 Å². The van der Waals surface area contributed by atoms with E-state index in [1.807, 2.05) is 60.6 Å². The molecule has 1 aromatic carbocycles. The molecule has 186 valence electrons. The van der Waals surface area contributed by atoms with Gasteiger partial charge >= 0.3 is 0 Å². The summed E-state index contributed by atoms with van der Waals surface area (Å²) in [5.74, 6) is 0.136. The SMILES string of the molecule is CCC(C(=O)N1CCN(C(=O)c2ccco2)CC1)n1c(C)c2cnn(-c3ccccc3)c(=O)c2c1C. The highest BCUT2D eigenvalue weighted by Crippen LogP contribution is 2.29. The number of piperazine rings is 1. The molecule has 9 nitrogen and oxygen atoms in total. The smallest absolute Gasteiger partial charge is 0.289 e. The number of amides is 2. The van der Waals surface area contributed by atoms with Crippen molar-refractivity contribution in [1.29, 1.82) is 0 Å². The summed E-state index contributed by atoms with van der Waals surface area (Å²) < 4.78 is 8.61. The lowest BCUT2D eigenvalue weighted by molar-refractivity contribution is -0.136. The molecule has 1 fully saturated rings. The van der Waals surface area contributed by atoms with Crippen LogP contribution in [0.25, 0.3) is 16.5 Å². The topological polar surface area (TPSA) is 93.6 Å². The Morgan fingerprint density at radius 2 is 1.67 bits per heavy atom. The Kier molecular flexibility index (Phi) is 6.22. The van der Waals surface area contributed by atoms with Crippen LogP contribution in [0.5, 0.6) is 0 Å². The van der Waals surface area contributed by atoms with Crippen LogP contribution in [0.1, 0.15) is 41.3 Å². The van der Waals surface area contributed by atoms with Crippen LogP contribution in [0, 0.1) is 13.8 Å². The summed E-state index contributed by atoms with van der Waals surface area (Å²) in [6, 6.07) is 12.2. The number of benzene rings is 1. The van der Waals surface area contributed by atoms with Crippen molar-refractivity contribution in [2.24, 2.45) is 0 Å². The molecular formula is C27H29N5O4. The Bertz CT molecular complexity index is 1460. The maximum atomic E-state index is 13.7. The summed E-state index contributed by atoms with van der Waals surface area (Å²) in [6.07, 6.45) is 3.76. The summed E-state index contributed by atoms with van der Waals surface area (Å²) in [5, 5.41) is 5.74. The van der Waals surface area contributed by atoms with Crippen LogP contribution in [-0.2, 0) is 4.79 Å². The summed E-state index contributed by atoms with van der Waals surface area (Å²) in [5.41, 5.74) is 2.09. The molecule has 1 saturated heterocycles. The van der Waals surface area contributed by atoms with E-state index in [0.717, 1.165) is 16.8 Å². The lowest BCUT2D eigenvalue weighted by Gasteiger charge is -2.36. The van der Waals surface area contributed by atoms with E-state index in [1.54, 1.807) is 23.2 Å². The van der Waals surface area contributed by atoms with E-state index in [4.69, 9.17) is 4.42 Å². The Morgan fingerprint density at radius 1 is 0.972 bits per heavy atom. The molecule has 0 spiro atoms. The average molecular weight is 488 g/mol. The highest BCUT2D eigenvalue weighted by Gasteiger charge is 2.32. The Morgan fingerprint density at radius 3 is 2.31 bits per heavy atom. The number of rotatable bonds is 5. The first kappa shape index (κ1) is 23.6. The molecule has 1 aliphatic rings. The van der Waals surface area contributed by atoms with E-state index >= 15 is 0 Å². The van der Waals surface area contributed by atoms with Crippen molar-refractivity contribution in [3.8, 4) is 5.69 Å². The zero-order chi connectivity index (χ0) is 25.4. The Labute approximate surface area is 208 Å². The molecule has 0 saturated carbocycles. The molecule has 3 aromatic heterocycles. The fourth-order valence-corrected chi connectivity index (χ4v) is 5.16. The van der Waals surface area contributed by atoms with Crippen LogP contribution < -0.4 is 5.56 Å². The van der Waals surface area contributed by atoms with Gasteiger partial charge in [-0.15, -0.1) is 0 Å². The second kappa shape index (κ2) is 9.49. The number of fused-ring (bicyclic) bond motifs is 1. The van der Waals surface area contributed by atoms with Gasteiger partial charge in [-0.3, -0.25) is 14.4 Å². The minimum absolute atomic E-state index is 0.00884. The lowest BCUT2D eigenvalue weighted by Crippen LogP contribution is -2.52. The minimum Gasteiger partial charge on any atom is -0.459 e. The molecule has 4 heterocycles. The molecule has 1 aliphatic heterocycles. The average Bonchev–Trinajstić information content (AvgIpc) is 3.53. The molecule has 1 atom stereocenters. The van der Waals surface area contributed by atoms with Crippen LogP contribution in [0.3, 0.4) is 0 Å². The van der Waals surface area contributed by atoms with Gasteiger partial charge in [-0.05, 0) is 44.5 Å². The normalized spacial score (nSPS) is 14.9. The molecule has 9 heteroatoms. The van der Waals surface area contributed by atoms with Crippen LogP contribution in [0.4, 0.5) is 0 Å². The first-order chi connectivity index (χ1) is 17.4. The molecule has 0 N–H and O–H groups in total. The summed E-state index contributed by atoms with van der Waals surface area (Å²) >= 11 is 0. The van der Waals surface area contributed by atoms with Crippen molar-refractivity contribution in [3.63, 3.8) is 0 Å². The summed E-state index contributed by atoms with van der Waals surface area (Å²) in [6.45, 7) is 7.58. The molecule has 0 bridgehead atoms. The Balaban J connectivity index is 1.42. The van der Waals surface area contributed by atoms with Crippen molar-refractivity contribution < 1.29 is 14.0 Å². The number of hydrogen-bond acceptors (Lipinski definition) is 5. The third kappa shape index (κ3) is 3.90. The van der Waals surface area contributed by atoms with E-state index in [2.05, 4.69) is 5.10 Å². The Hall–Kier alpha value is -4.14. The predicted molar refractivity (Wildman–Crippen MR) is 135 cm³/mol. The van der Waals surface area contributed by atoms with Gasteiger partial charge in [-0.1, -0.05) is 25.1 Å². The highest BCUT2D eigenvalue weighted by molar-refractivity contribution is 5.92. The molecule has 4 aromatic rings. The fourth-order valence-electron chi connectivity index (χ4n) is 5.16. The van der Waals surface area contributed by atoms with Crippen LogP contribution in [0.2, 0.25) is 0 Å². The van der Waals surface area contributed by atoms with Crippen molar-refractivity contribution in [2.45, 2.75) is 33.2 Å². The molecule has 1 unspecified atom stereocenters. The van der Waals surface area contributed by atoms with Gasteiger partial charge in [0, 0.05) is 43.0 Å². The zero-order valence-corrected chi connectivity index (χ0v) is 20.7. The number of para-hydroxylation sites is 1. The number of carbonyl (C=O) groups is 2. The van der Waals surface area contributed by atoms with Gasteiger partial charge < -0.3 is 18.8 Å². The van der Waals surface area contributed by atoms with E-state index in [-0.39, 0.29) is 17.4 Å². The van der Waals surface area contributed by atoms with E-state index in [1.165, 1.54) is 10.9 Å². The third-order valence-corrected chi connectivity index (χ3v) is 7.05. The van der Waals surface area contributed by atoms with Crippen molar-refractivity contribution in [1.82, 2.24) is 24.1 Å². The van der Waals surface area contributed by atoms with Gasteiger partial charge in [0.2, 0.25) is 5.91 Å². The van der Waals surface area contributed by atoms with Crippen LogP contribution in [-0.4, -0.2) is 62.1 Å². The zero-order valence-electron chi connectivity index (χ0n) is 20.7. The van der Waals surface area contributed by atoms with Gasteiger partial charge in [0.05, 0.1) is 23.5 Å². The molecular weight excluding hydrogens is 458 g/mol. The number of aromatic nitrogens is 3. The van der Waals surface area contributed by atoms with E-state index in [0.29, 0.717) is 49.4 Å². The van der Waals surface area contributed by atoms with Gasteiger partial charge in [-0.25, -0.2) is 0 Å². The minimum atomic E-state index is -0.450. The second-order valence-corrected chi connectivity index (χ2v) is 9.05. The number of aryl methyl sites for hydroxylation is 2. The monoisotopic (exact) mass is 487 g/mol. The maximum absolute atomic E-state index is 13.7. The van der Waals surface area contributed by atoms with Crippen molar-refractivity contribution in [3.05, 3.63) is 82.4 Å². The van der Waals surface area contributed by atoms with Crippen molar-refractivity contribution in [2.75, 3.05) is 26.2 Å². The van der Waals surface area contributed by atoms with Gasteiger partial charge in [0.15, 0.2) is 5.76 Å². The quantitative estimate of drug-likeness (QED) is 0.431. The summed E-state index contributed by atoms with van der Waals surface area (Å²) in [7, 11) is 0. The van der Waals surface area contributed by atoms with Gasteiger partial charge in [0.1, 0.15) is 6.04 Å². The molecule has 0 radical (unpaired) electrons. The van der Waals surface area contributed by atoms with E-state index < -0.39 is 6.04 Å². The maximum Gasteiger partial charge on any atom is 0.289 e. The van der Waals surface area contributed by atoms with Crippen LogP contribution in [0.15, 0.2) is 64.1 Å². The second-order valence-electron chi connectivity index (χ2n) is 9.05. The number of hydrogen-bond donors (Lipinski definition) is 0. The molecule has 5 rings (SSSR count). The van der Waals surface area contributed by atoms with Crippen molar-refractivity contribution >= 4 is 22.6 Å². The number of furan rings is 1. The van der Waals surface area contributed by atoms with Gasteiger partial charge in [-0.2, -0.15) is 9.78 Å². The highest BCUT2D eigenvalue weighted by atomic mass is 16.3. The third-order valence-electron chi connectivity index (χ3n) is 7.05. The van der Waals surface area contributed by atoms with E-state index in [9.17, 15) is 14.4 Å². The fraction of sp³-hybridized carbons (Fsp3) is 0.333. The molecule has 36 heavy (non-hydrogen) atoms. The first-order valence-electron chi connectivity index (χ1n) is 12.2. The number of carbonyl (C=O) groups excluding carboxylic acids is 2. The largest absolute Gasteiger partial charge is 0.459 e. The molecule has 0 aliphatic carbocycles. The number of nitrogens with zero attached hydrogens (tertiary/aromatic N) is 5. The predicted octanol–water partition coefficient (Wildman–Crippen LogP) is 3.33. The molecule has 2 amide bonds. The first-order valence-corrected chi connectivity index (χ1v) is 12.2. The standard InChI is InChI=1S/C27H29N5O4/c1-4-22(25(33)29-12-14-30(15-13-29)26(34)23-11-8-16-36-23)31-18(2)21-17-28-32(20-9-6-5-7-10-20)27(35)24(21)19(31)3/h5-11,16-17,22H,4,12-15H2,1-3H3. The van der Waals surface area contributed by atoms with Gasteiger partial charge in [0.25, 0.3) is 11.5 Å². The summed E-state index contributed by atoms with van der Waals surface area (Å²) in [4.78, 5) is 43.2.